The molecule has 2 aromatic carbocycles. The number of hydrogen-bond donors (Lipinski definition) is 5. The zero-order chi connectivity index (χ0) is 49.6. The van der Waals surface area contributed by atoms with Crippen molar-refractivity contribution in [3.63, 3.8) is 0 Å². The average molecular weight is 967 g/mol. The summed E-state index contributed by atoms with van der Waals surface area (Å²) in [4.78, 5) is 58.7. The Labute approximate surface area is 410 Å². The molecule has 0 spiro atoms. The van der Waals surface area contributed by atoms with Crippen LogP contribution in [0.4, 0.5) is 17.6 Å². The van der Waals surface area contributed by atoms with Crippen LogP contribution in [0.25, 0.3) is 22.5 Å². The monoisotopic (exact) mass is 966 g/mol. The highest BCUT2D eigenvalue weighted by Crippen LogP contribution is 2.36. The lowest BCUT2D eigenvalue weighted by Gasteiger charge is -2.19. The van der Waals surface area contributed by atoms with Gasteiger partial charge in [-0.3, -0.25) is 14.5 Å². The maximum absolute atomic E-state index is 13.0. The molecule has 1 amide bonds. The number of hydrogen-bond acceptors (Lipinski definition) is 16. The maximum Gasteiger partial charge on any atom is 0.347 e. The molecule has 7 aromatic rings. The molecule has 0 radical (unpaired) electrons. The molecule has 19 heteroatoms. The molecule has 8 rings (SSSR count). The molecule has 0 unspecified atom stereocenters. The van der Waals surface area contributed by atoms with Crippen molar-refractivity contribution in [2.45, 2.75) is 92.4 Å². The number of allylic oxidation sites excluding steroid dienone is 1. The Kier molecular flexibility index (Phi) is 15.1. The number of benzene rings is 2. The van der Waals surface area contributed by atoms with Crippen LogP contribution in [0.1, 0.15) is 105 Å². The van der Waals surface area contributed by atoms with Crippen molar-refractivity contribution in [3.05, 3.63) is 139 Å². The number of fused-ring (bicyclic) bond motifs is 1. The molecule has 1 aliphatic rings. The number of anilines is 3. The Balaban J connectivity index is 0.000000204. The molecule has 0 saturated carbocycles. The van der Waals surface area contributed by atoms with Crippen LogP contribution in [-0.2, 0) is 44.1 Å². The fourth-order valence-electron chi connectivity index (χ4n) is 7.20. The second-order valence-corrected chi connectivity index (χ2v) is 20.6. The Morgan fingerprint density at radius 1 is 0.855 bits per heavy atom. The van der Waals surface area contributed by atoms with Gasteiger partial charge in [0.1, 0.15) is 9.75 Å². The van der Waals surface area contributed by atoms with E-state index in [0.717, 1.165) is 71.0 Å². The van der Waals surface area contributed by atoms with Crippen molar-refractivity contribution in [1.82, 2.24) is 49.9 Å². The number of carbonyl (C=O) groups is 2. The van der Waals surface area contributed by atoms with Gasteiger partial charge in [-0.05, 0) is 60.4 Å². The summed E-state index contributed by atoms with van der Waals surface area (Å²) in [5.41, 5.74) is 16.3. The van der Waals surface area contributed by atoms with Crippen molar-refractivity contribution in [3.8, 4) is 22.5 Å². The fourth-order valence-corrected chi connectivity index (χ4v) is 9.28. The largest absolute Gasteiger partial charge is 0.477 e. The normalized spacial score (nSPS) is 12.9. The number of aliphatic imine (C=N–C) groups is 1. The summed E-state index contributed by atoms with van der Waals surface area (Å²) in [6.45, 7) is 18.7. The first kappa shape index (κ1) is 49.7. The van der Waals surface area contributed by atoms with Gasteiger partial charge in [0.05, 0.1) is 56.9 Å². The summed E-state index contributed by atoms with van der Waals surface area (Å²) in [7, 11) is 3.52. The number of nitrogens with two attached hydrogens (primary N) is 1. The van der Waals surface area contributed by atoms with E-state index in [1.54, 1.807) is 36.5 Å². The van der Waals surface area contributed by atoms with E-state index < -0.39 is 5.97 Å². The van der Waals surface area contributed by atoms with E-state index in [0.29, 0.717) is 54.3 Å². The van der Waals surface area contributed by atoms with Gasteiger partial charge in [0.2, 0.25) is 11.9 Å². The van der Waals surface area contributed by atoms with E-state index in [4.69, 9.17) is 10.7 Å². The minimum Gasteiger partial charge on any atom is -0.477 e. The van der Waals surface area contributed by atoms with Crippen molar-refractivity contribution in [1.29, 1.82) is 0 Å². The first-order valence-corrected chi connectivity index (χ1v) is 23.9. The number of carboxylic acids is 1. The number of carbonyl (C=O) groups excluding carboxylic acids is 1. The highest BCUT2D eigenvalue weighted by Gasteiger charge is 2.34. The first-order chi connectivity index (χ1) is 32.8. The van der Waals surface area contributed by atoms with Gasteiger partial charge in [-0.25, -0.2) is 34.7 Å². The van der Waals surface area contributed by atoms with Crippen LogP contribution in [0, 0.1) is 13.8 Å². The van der Waals surface area contributed by atoms with Crippen LogP contribution in [-0.4, -0.2) is 74.8 Å². The Morgan fingerprint density at radius 3 is 2.04 bits per heavy atom. The standard InChI is InChI=1S/C25H29N7O2S.C25H29N7OS/c1-15-10-16(19-8-9-27-24(31-19)29-18-12-28-32(5)14-18)6-7-17(15)11-26-13-20-21(22(33)34)35-23(30-20)25(2,3)4;1-15-10-16(19-8-9-28-24(31-19)29-18(11-26)12-27-5)6-7-17(15)13-32-14-20-21(22(32)33)34-23(30-20)25(2,3)4/h6-10,12,14,26H,11,13H2,1-5H3,(H,33,34)(H,27,29,31);6-12H,13-14,26H2,1-5H3,(H,28,29,31). The lowest BCUT2D eigenvalue weighted by molar-refractivity contribution is 0.0699. The molecular weight excluding hydrogens is 909 g/mol. The number of amides is 1. The Bertz CT molecular complexity index is 3050. The van der Waals surface area contributed by atoms with Crippen LogP contribution >= 0.6 is 22.7 Å². The van der Waals surface area contributed by atoms with E-state index in [9.17, 15) is 14.7 Å². The molecule has 5 aromatic heterocycles. The quantitative estimate of drug-likeness (QED) is 0.0642. The number of aromatic nitrogens is 8. The van der Waals surface area contributed by atoms with Gasteiger partial charge in [0.25, 0.3) is 5.91 Å². The third kappa shape index (κ3) is 12.3. The number of aryl methyl sites for hydroxylation is 3. The minimum absolute atomic E-state index is 0.0469. The summed E-state index contributed by atoms with van der Waals surface area (Å²) in [6.07, 6.45) is 10.0. The molecule has 0 atom stereocenters. The maximum atomic E-state index is 13.0. The molecule has 0 bridgehead atoms. The zero-order valence-corrected chi connectivity index (χ0v) is 42.2. The topological polar surface area (TPSA) is 227 Å². The van der Waals surface area contributed by atoms with Crippen molar-refractivity contribution in [2.24, 2.45) is 17.8 Å². The van der Waals surface area contributed by atoms with Gasteiger partial charge in [0, 0.05) is 86.7 Å². The molecule has 69 heavy (non-hydrogen) atoms. The third-order valence-electron chi connectivity index (χ3n) is 10.9. The number of rotatable bonds is 14. The van der Waals surface area contributed by atoms with E-state index in [1.807, 2.05) is 63.2 Å². The van der Waals surface area contributed by atoms with E-state index in [1.165, 1.54) is 28.9 Å². The molecular formula is C50H58N14O3S2. The second kappa shape index (κ2) is 21.0. The lowest BCUT2D eigenvalue weighted by atomic mass is 9.98. The molecule has 358 valence electrons. The highest BCUT2D eigenvalue weighted by atomic mass is 32.1. The molecule has 1 aliphatic heterocycles. The summed E-state index contributed by atoms with van der Waals surface area (Å²) in [6, 6.07) is 16.1. The molecule has 0 aliphatic carbocycles. The van der Waals surface area contributed by atoms with Crippen LogP contribution < -0.4 is 21.7 Å². The Hall–Kier alpha value is -7.22. The number of aromatic carboxylic acids is 1. The minimum atomic E-state index is -0.933. The van der Waals surface area contributed by atoms with Gasteiger partial charge in [-0.15, -0.1) is 22.7 Å². The van der Waals surface area contributed by atoms with Crippen LogP contribution in [0.15, 0.2) is 90.2 Å². The SMILES string of the molecule is CN=CC(=CN)Nc1nccc(-c2ccc(CN3Cc4nc(C(C)(C)C)sc4C3=O)c(C)c2)n1.Cc1cc(-c2ccnc(Nc3cnn(C)c3)n2)ccc1CNCc1nc(C(C)(C)C)sc1C(=O)O. The smallest absolute Gasteiger partial charge is 0.347 e. The predicted octanol–water partition coefficient (Wildman–Crippen LogP) is 8.95. The summed E-state index contributed by atoms with van der Waals surface area (Å²) >= 11 is 2.78. The zero-order valence-electron chi connectivity index (χ0n) is 40.5. The Morgan fingerprint density at radius 2 is 1.48 bits per heavy atom. The van der Waals surface area contributed by atoms with E-state index >= 15 is 0 Å². The first-order valence-electron chi connectivity index (χ1n) is 22.3. The van der Waals surface area contributed by atoms with Gasteiger partial charge in [-0.2, -0.15) is 5.10 Å². The van der Waals surface area contributed by atoms with Crippen LogP contribution in [0.2, 0.25) is 0 Å². The number of nitrogens with one attached hydrogen (secondary N) is 3. The van der Waals surface area contributed by atoms with Crippen molar-refractivity contribution >= 4 is 58.3 Å². The van der Waals surface area contributed by atoms with E-state index in [2.05, 4.69) is 110 Å². The number of carboxylic acid groups (broad SMARTS) is 1. The third-order valence-corrected chi connectivity index (χ3v) is 13.9. The van der Waals surface area contributed by atoms with Gasteiger partial charge >= 0.3 is 5.97 Å². The fraction of sp³-hybridized carbons (Fsp3) is 0.320. The second-order valence-electron chi connectivity index (χ2n) is 18.6. The van der Waals surface area contributed by atoms with Crippen molar-refractivity contribution in [2.75, 3.05) is 17.7 Å². The molecule has 17 nitrogen and oxygen atoms in total. The highest BCUT2D eigenvalue weighted by molar-refractivity contribution is 7.14. The predicted molar refractivity (Wildman–Crippen MR) is 274 cm³/mol. The van der Waals surface area contributed by atoms with Gasteiger partial charge in [-0.1, -0.05) is 65.8 Å². The van der Waals surface area contributed by atoms with Crippen LogP contribution in [0.3, 0.4) is 0 Å². The summed E-state index contributed by atoms with van der Waals surface area (Å²) in [5, 5.41) is 25.1. The van der Waals surface area contributed by atoms with E-state index in [-0.39, 0.29) is 16.7 Å². The number of thiazole rings is 2. The molecule has 6 heterocycles. The molecule has 0 fully saturated rings. The van der Waals surface area contributed by atoms with Gasteiger partial charge < -0.3 is 31.7 Å². The lowest BCUT2D eigenvalue weighted by Crippen LogP contribution is -2.24. The average Bonchev–Trinajstić information content (AvgIpc) is 4.10. The van der Waals surface area contributed by atoms with Gasteiger partial charge in [0.15, 0.2) is 0 Å². The molecule has 0 saturated heterocycles. The summed E-state index contributed by atoms with van der Waals surface area (Å²) in [5.74, 6) is 0.0766. The van der Waals surface area contributed by atoms with Crippen molar-refractivity contribution < 1.29 is 14.7 Å². The molecule has 6 N–H and O–H groups in total. The summed E-state index contributed by atoms with van der Waals surface area (Å²) < 4.78 is 1.71. The van der Waals surface area contributed by atoms with Crippen LogP contribution in [0.5, 0.6) is 0 Å². The number of nitrogens with zero attached hydrogens (tertiary/aromatic N) is 10.